The summed E-state index contributed by atoms with van der Waals surface area (Å²) in [7, 11) is 4.40. The number of nitrogen functional groups attached to an aromatic ring is 1. The van der Waals surface area contributed by atoms with Crippen molar-refractivity contribution in [2.75, 3.05) is 52.2 Å². The molecule has 3 saturated heterocycles. The molecule has 3 fully saturated rings. The minimum atomic E-state index is -0.518. The summed E-state index contributed by atoms with van der Waals surface area (Å²) in [6.45, 7) is 8.81. The van der Waals surface area contributed by atoms with Crippen LogP contribution < -0.4 is 11.0 Å². The standard InChI is InChI=1S/C27H31FN5O2PS.C7H12FN/c1-4-5-7-21(34-3)32-27(33-10-6-12-35-13-11-33)19-15-31-23(24(36)16(19)2)17-8-9-20(28)25-22(17)18(14-29)26(30)37-25;8-6-4-7-2-1-3-9(7)5-6/h7-9,15H,4-6,10-13,30,36H2,1-3H3;6-7H,1-5H2/b21-7-,32-27+;. The van der Waals surface area contributed by atoms with Gasteiger partial charge in [-0.2, -0.15) is 10.3 Å². The number of nitriles is 1. The monoisotopic (exact) mass is 668 g/mol. The van der Waals surface area contributed by atoms with E-state index >= 15 is 0 Å². The van der Waals surface area contributed by atoms with Crippen molar-refractivity contribution < 1.29 is 18.3 Å². The molecule has 3 aliphatic rings. The first kappa shape index (κ1) is 34.2. The lowest BCUT2D eigenvalue weighted by Crippen LogP contribution is -2.35. The van der Waals surface area contributed by atoms with E-state index in [1.54, 1.807) is 19.4 Å². The molecule has 5 heterocycles. The van der Waals surface area contributed by atoms with Crippen LogP contribution in [0.2, 0.25) is 0 Å². The number of methoxy groups -OCH3 is 1. The Hall–Kier alpha value is -3.16. The maximum Gasteiger partial charge on any atom is 0.210 e. The summed E-state index contributed by atoms with van der Waals surface area (Å²) in [5, 5.41) is 11.4. The fourth-order valence-corrected chi connectivity index (χ4v) is 7.72. The summed E-state index contributed by atoms with van der Waals surface area (Å²) in [4.78, 5) is 14.2. The van der Waals surface area contributed by atoms with E-state index in [0.717, 1.165) is 72.4 Å². The van der Waals surface area contributed by atoms with Crippen molar-refractivity contribution in [3.63, 3.8) is 0 Å². The van der Waals surface area contributed by atoms with Gasteiger partial charge in [0.2, 0.25) is 5.88 Å². The van der Waals surface area contributed by atoms with Gasteiger partial charge in [0.25, 0.3) is 0 Å². The highest BCUT2D eigenvalue weighted by molar-refractivity contribution is 7.28. The first-order valence-electron chi connectivity index (χ1n) is 16.0. The van der Waals surface area contributed by atoms with Crippen LogP contribution in [-0.4, -0.2) is 79.3 Å². The summed E-state index contributed by atoms with van der Waals surface area (Å²) in [5.41, 5.74) is 9.49. The van der Waals surface area contributed by atoms with Crippen LogP contribution in [0.1, 0.15) is 62.1 Å². The molecule has 6 rings (SSSR count). The number of halogens is 2. The number of amidine groups is 1. The maximum atomic E-state index is 14.6. The molecular weight excluding hydrogens is 625 g/mol. The van der Waals surface area contributed by atoms with E-state index in [4.69, 9.17) is 25.2 Å². The van der Waals surface area contributed by atoms with Crippen LogP contribution >= 0.6 is 20.6 Å². The highest BCUT2D eigenvalue weighted by Gasteiger charge is 2.34. The molecule has 0 saturated carbocycles. The third-order valence-corrected chi connectivity index (χ3v) is 10.6. The number of aromatic nitrogens is 1. The quantitative estimate of drug-likeness (QED) is 0.142. The maximum absolute atomic E-state index is 14.6. The molecule has 0 amide bonds. The molecule has 0 spiro atoms. The first-order valence-corrected chi connectivity index (χ1v) is 17.4. The number of fused-ring (bicyclic) bond motifs is 2. The number of alkyl halides is 1. The lowest BCUT2D eigenvalue weighted by molar-refractivity contribution is 0.147. The summed E-state index contributed by atoms with van der Waals surface area (Å²) < 4.78 is 38.9. The van der Waals surface area contributed by atoms with E-state index in [1.807, 2.05) is 13.0 Å². The zero-order chi connectivity index (χ0) is 32.8. The Balaban J connectivity index is 0.000000393. The summed E-state index contributed by atoms with van der Waals surface area (Å²) in [6, 6.07) is 5.81. The second-order valence-electron chi connectivity index (χ2n) is 11.9. The highest BCUT2D eigenvalue weighted by atomic mass is 32.1. The number of pyridine rings is 1. The van der Waals surface area contributed by atoms with Gasteiger partial charge in [-0.3, -0.25) is 9.88 Å². The molecule has 0 aliphatic carbocycles. The van der Waals surface area contributed by atoms with Crippen molar-refractivity contribution in [1.82, 2.24) is 14.8 Å². The lowest BCUT2D eigenvalue weighted by Gasteiger charge is -2.26. The number of hydrogen-bond donors (Lipinski definition) is 1. The Labute approximate surface area is 276 Å². The van der Waals surface area contributed by atoms with Gasteiger partial charge in [-0.25, -0.2) is 8.78 Å². The number of ether oxygens (including phenoxy) is 2. The largest absolute Gasteiger partial charge is 0.481 e. The Morgan fingerprint density at radius 1 is 1.30 bits per heavy atom. The topological polar surface area (TPSA) is 100 Å². The second kappa shape index (κ2) is 15.6. The Bertz CT molecular complexity index is 1630. The minimum Gasteiger partial charge on any atom is -0.481 e. The number of rotatable bonds is 6. The van der Waals surface area contributed by atoms with Gasteiger partial charge in [-0.05, 0) is 74.6 Å². The average molecular weight is 669 g/mol. The number of nitrogens with two attached hydrogens (primary N) is 1. The van der Waals surface area contributed by atoms with Crippen molar-refractivity contribution in [2.24, 2.45) is 4.99 Å². The fourth-order valence-electron chi connectivity index (χ4n) is 6.39. The molecule has 46 heavy (non-hydrogen) atoms. The summed E-state index contributed by atoms with van der Waals surface area (Å²) in [5.74, 6) is 0.930. The molecule has 8 nitrogen and oxygen atoms in total. The summed E-state index contributed by atoms with van der Waals surface area (Å²) >= 11 is 1.08. The van der Waals surface area contributed by atoms with E-state index in [0.29, 0.717) is 64.6 Å². The Morgan fingerprint density at radius 2 is 2.13 bits per heavy atom. The fraction of sp³-hybridized carbons (Fsp3) is 0.500. The minimum absolute atomic E-state index is 0.278. The van der Waals surface area contributed by atoms with Crippen LogP contribution in [0.4, 0.5) is 13.8 Å². The average Bonchev–Trinajstić information content (AvgIpc) is 3.65. The van der Waals surface area contributed by atoms with Crippen molar-refractivity contribution >= 4 is 46.8 Å². The van der Waals surface area contributed by atoms with E-state index in [-0.39, 0.29) is 5.56 Å². The third-order valence-electron chi connectivity index (χ3n) is 8.83. The number of benzene rings is 1. The van der Waals surface area contributed by atoms with Gasteiger partial charge >= 0.3 is 0 Å². The van der Waals surface area contributed by atoms with Crippen LogP contribution in [0.5, 0.6) is 0 Å². The lowest BCUT2D eigenvalue weighted by atomic mass is 10.00. The molecule has 0 bridgehead atoms. The van der Waals surface area contributed by atoms with Crippen molar-refractivity contribution in [1.29, 1.82) is 5.26 Å². The molecule has 2 aromatic heterocycles. The smallest absolute Gasteiger partial charge is 0.210 e. The van der Waals surface area contributed by atoms with Crippen molar-refractivity contribution in [2.45, 2.75) is 64.6 Å². The molecular formula is C34H43F2N6O2PS. The molecule has 0 radical (unpaired) electrons. The highest BCUT2D eigenvalue weighted by Crippen LogP contribution is 2.40. The number of aliphatic imine (C=N–C) groups is 1. The zero-order valence-electron chi connectivity index (χ0n) is 26.8. The molecule has 246 valence electrons. The molecule has 3 unspecified atom stereocenters. The first-order chi connectivity index (χ1) is 22.3. The van der Waals surface area contributed by atoms with Gasteiger partial charge in [-0.1, -0.05) is 13.3 Å². The molecule has 12 heteroatoms. The zero-order valence-corrected chi connectivity index (χ0v) is 28.8. The SMILES string of the molecule is CCC/C=C(/N=C(\c1cnc(-c2ccc(F)c3sc(N)c(C#N)c23)c(P)c1C)N1CCCOCC1)OC.FC1CC2CCCN2C1. The predicted molar refractivity (Wildman–Crippen MR) is 186 cm³/mol. The van der Waals surface area contributed by atoms with Crippen LogP contribution in [0.15, 0.2) is 35.3 Å². The van der Waals surface area contributed by atoms with Gasteiger partial charge in [0, 0.05) is 55.0 Å². The van der Waals surface area contributed by atoms with Crippen LogP contribution in [0.25, 0.3) is 21.3 Å². The normalized spacial score (nSPS) is 20.7. The van der Waals surface area contributed by atoms with Crippen LogP contribution in [0.3, 0.4) is 0 Å². The molecule has 3 aromatic rings. The van der Waals surface area contributed by atoms with Gasteiger partial charge in [0.1, 0.15) is 28.9 Å². The van der Waals surface area contributed by atoms with Gasteiger partial charge < -0.3 is 20.1 Å². The Kier molecular flexibility index (Phi) is 11.6. The van der Waals surface area contributed by atoms with Gasteiger partial charge in [-0.15, -0.1) is 20.6 Å². The van der Waals surface area contributed by atoms with Gasteiger partial charge in [0.05, 0.1) is 29.7 Å². The molecule has 3 aliphatic heterocycles. The predicted octanol–water partition coefficient (Wildman–Crippen LogP) is 6.31. The molecule has 2 N–H and O–H groups in total. The van der Waals surface area contributed by atoms with Gasteiger partial charge in [0.15, 0.2) is 0 Å². The molecule has 1 aromatic carbocycles. The Morgan fingerprint density at radius 3 is 2.87 bits per heavy atom. The third kappa shape index (κ3) is 7.36. The number of nitrogens with zero attached hydrogens (tertiary/aromatic N) is 5. The number of unbranched alkanes of at least 4 members (excludes halogenated alkanes) is 1. The van der Waals surface area contributed by atoms with Crippen LogP contribution in [-0.2, 0) is 9.47 Å². The second-order valence-corrected chi connectivity index (χ2v) is 13.5. The van der Waals surface area contributed by atoms with E-state index in [1.165, 1.54) is 18.9 Å². The van der Waals surface area contributed by atoms with E-state index in [2.05, 4.69) is 32.0 Å². The van der Waals surface area contributed by atoms with Crippen molar-refractivity contribution in [3.8, 4) is 17.3 Å². The summed E-state index contributed by atoms with van der Waals surface area (Å²) in [6.07, 6.45) is 9.35. The molecule has 3 atom stereocenters. The number of anilines is 1. The van der Waals surface area contributed by atoms with E-state index in [9.17, 15) is 14.0 Å². The van der Waals surface area contributed by atoms with Crippen LogP contribution in [0, 0.1) is 24.1 Å². The van der Waals surface area contributed by atoms with Crippen molar-refractivity contribution in [3.05, 3.63) is 52.8 Å². The number of allylic oxidation sites excluding steroid dienone is 1. The number of hydrogen-bond acceptors (Lipinski definition) is 8. The number of thiophene rings is 1. The van der Waals surface area contributed by atoms with E-state index < -0.39 is 12.0 Å².